The fourth-order valence-corrected chi connectivity index (χ4v) is 5.17. The lowest BCUT2D eigenvalue weighted by Gasteiger charge is -2.19. The first-order valence-corrected chi connectivity index (χ1v) is 16.0. The van der Waals surface area contributed by atoms with Crippen LogP contribution in [0.4, 0.5) is 0 Å². The first-order chi connectivity index (χ1) is 22.1. The van der Waals surface area contributed by atoms with Gasteiger partial charge in [0.1, 0.15) is 0 Å². The number of fused-ring (bicyclic) bond motifs is 1. The van der Waals surface area contributed by atoms with Gasteiger partial charge in [0.15, 0.2) is 23.0 Å². The van der Waals surface area contributed by atoms with E-state index in [1.165, 1.54) is 0 Å². The molecule has 0 fully saturated rings. The van der Waals surface area contributed by atoms with Crippen LogP contribution >= 0.6 is 23.2 Å². The second kappa shape index (κ2) is 16.0. The summed E-state index contributed by atoms with van der Waals surface area (Å²) in [7, 11) is 6.49. The van der Waals surface area contributed by atoms with Crippen LogP contribution in [-0.2, 0) is 0 Å². The van der Waals surface area contributed by atoms with Crippen LogP contribution in [0.1, 0.15) is 62.8 Å². The van der Waals surface area contributed by atoms with Crippen LogP contribution < -0.4 is 28.4 Å². The Labute approximate surface area is 282 Å². The van der Waals surface area contributed by atoms with Gasteiger partial charge in [0.05, 0.1) is 50.7 Å². The van der Waals surface area contributed by atoms with E-state index in [0.717, 1.165) is 45.9 Å². The highest BCUT2D eigenvalue weighted by atomic mass is 35.5. The zero-order chi connectivity index (χ0) is 33.4. The van der Waals surface area contributed by atoms with Crippen molar-refractivity contribution in [3.05, 3.63) is 80.8 Å². The molecule has 4 rings (SSSR count). The summed E-state index contributed by atoms with van der Waals surface area (Å²) in [5.41, 5.74) is 3.73. The van der Waals surface area contributed by atoms with Gasteiger partial charge in [0.2, 0.25) is 11.5 Å². The van der Waals surface area contributed by atoms with E-state index in [2.05, 4.69) is 26.0 Å². The predicted molar refractivity (Wildman–Crippen MR) is 192 cm³/mol. The second-order valence-electron chi connectivity index (χ2n) is 10.9. The van der Waals surface area contributed by atoms with Crippen molar-refractivity contribution in [2.75, 3.05) is 28.4 Å². The molecule has 4 aromatic carbocycles. The van der Waals surface area contributed by atoms with Crippen LogP contribution in [0.25, 0.3) is 35.1 Å². The Balaban J connectivity index is 1.74. The summed E-state index contributed by atoms with van der Waals surface area (Å²) in [4.78, 5) is 0. The number of hydrogen-bond acceptors (Lipinski definition) is 6. The third kappa shape index (κ3) is 8.04. The Hall–Kier alpha value is -4.00. The molecule has 0 spiro atoms. The SMILES string of the molecule is CCC(C)Oc1c(OC)cc(/C=C/c2ccc(/C=C/c3cc(OC)c(OC(C)CC)c(OC)c3)c3cc(Cl)c(Cl)cc23)cc1OC. The number of rotatable bonds is 14. The molecule has 0 N–H and O–H groups in total. The van der Waals surface area contributed by atoms with E-state index < -0.39 is 0 Å². The number of methoxy groups -OCH3 is 4. The van der Waals surface area contributed by atoms with Crippen molar-refractivity contribution < 1.29 is 28.4 Å². The van der Waals surface area contributed by atoms with Gasteiger partial charge in [0.25, 0.3) is 0 Å². The van der Waals surface area contributed by atoms with Crippen molar-refractivity contribution in [3.8, 4) is 34.5 Å². The van der Waals surface area contributed by atoms with E-state index in [0.29, 0.717) is 44.5 Å². The molecule has 0 aliphatic rings. The Bertz CT molecular complexity index is 1550. The van der Waals surface area contributed by atoms with Crippen LogP contribution in [-0.4, -0.2) is 40.6 Å². The van der Waals surface area contributed by atoms with Gasteiger partial charge >= 0.3 is 0 Å². The quantitative estimate of drug-likeness (QED) is 0.125. The zero-order valence-electron chi connectivity index (χ0n) is 27.7. The second-order valence-corrected chi connectivity index (χ2v) is 11.7. The number of hydrogen-bond donors (Lipinski definition) is 0. The van der Waals surface area contributed by atoms with Crippen molar-refractivity contribution >= 4 is 58.3 Å². The summed E-state index contributed by atoms with van der Waals surface area (Å²) in [6.07, 6.45) is 9.85. The molecule has 0 aliphatic heterocycles. The fraction of sp³-hybridized carbons (Fsp3) is 0.316. The number of benzene rings is 4. The number of ether oxygens (including phenoxy) is 6. The summed E-state index contributed by atoms with van der Waals surface area (Å²) in [6, 6.07) is 15.6. The minimum atomic E-state index is 0.0201. The summed E-state index contributed by atoms with van der Waals surface area (Å²) in [6.45, 7) is 8.17. The average Bonchev–Trinajstić information content (AvgIpc) is 3.07. The molecule has 0 aromatic heterocycles. The lowest BCUT2D eigenvalue weighted by Crippen LogP contribution is -2.11. The predicted octanol–water partition coefficient (Wildman–Crippen LogP) is 10.9. The summed E-state index contributed by atoms with van der Waals surface area (Å²) in [5, 5.41) is 2.87. The number of halogens is 2. The standard InChI is InChI=1S/C38H42Cl2O6/c1-9-23(3)45-37-33(41-5)17-25(18-34(37)42-6)11-13-27-15-16-28(30-22-32(40)31(39)21-29(27)30)14-12-26-19-35(43-7)38(36(20-26)44-8)46-24(4)10-2/h11-24H,9-10H2,1-8H3/b13-11+,14-12+. The highest BCUT2D eigenvalue weighted by Gasteiger charge is 2.17. The minimum Gasteiger partial charge on any atom is -0.493 e. The molecule has 0 saturated heterocycles. The van der Waals surface area contributed by atoms with Gasteiger partial charge in [-0.2, -0.15) is 0 Å². The molecule has 2 atom stereocenters. The molecule has 0 amide bonds. The van der Waals surface area contributed by atoms with E-state index in [9.17, 15) is 0 Å². The smallest absolute Gasteiger partial charge is 0.203 e. The van der Waals surface area contributed by atoms with E-state index in [1.807, 2.05) is 74.5 Å². The monoisotopic (exact) mass is 664 g/mol. The Kier molecular flexibility index (Phi) is 12.1. The summed E-state index contributed by atoms with van der Waals surface area (Å²) >= 11 is 13.0. The maximum atomic E-state index is 6.52. The highest BCUT2D eigenvalue weighted by molar-refractivity contribution is 6.43. The molecular formula is C38H42Cl2O6. The van der Waals surface area contributed by atoms with Gasteiger partial charge < -0.3 is 28.4 Å². The first-order valence-electron chi connectivity index (χ1n) is 15.3. The van der Waals surface area contributed by atoms with E-state index in [4.69, 9.17) is 51.6 Å². The van der Waals surface area contributed by atoms with Gasteiger partial charge in [-0.3, -0.25) is 0 Å². The Morgan fingerprint density at radius 1 is 0.543 bits per heavy atom. The molecule has 46 heavy (non-hydrogen) atoms. The maximum absolute atomic E-state index is 6.52. The van der Waals surface area contributed by atoms with Crippen LogP contribution in [0.2, 0.25) is 10.0 Å². The first kappa shape index (κ1) is 34.9. The molecule has 2 unspecified atom stereocenters. The van der Waals surface area contributed by atoms with Gasteiger partial charge in [-0.25, -0.2) is 0 Å². The topological polar surface area (TPSA) is 55.4 Å². The molecule has 0 bridgehead atoms. The average molecular weight is 666 g/mol. The molecule has 0 heterocycles. The van der Waals surface area contributed by atoms with Crippen LogP contribution in [0.5, 0.6) is 34.5 Å². The van der Waals surface area contributed by atoms with Gasteiger partial charge in [-0.05, 0) is 96.1 Å². The molecule has 0 radical (unpaired) electrons. The van der Waals surface area contributed by atoms with Crippen molar-refractivity contribution in [1.82, 2.24) is 0 Å². The molecule has 6 nitrogen and oxygen atoms in total. The molecule has 244 valence electrons. The van der Waals surface area contributed by atoms with E-state index in [1.54, 1.807) is 28.4 Å². The van der Waals surface area contributed by atoms with Crippen LogP contribution in [0.3, 0.4) is 0 Å². The summed E-state index contributed by atoms with van der Waals surface area (Å²) < 4.78 is 34.8. The lowest BCUT2D eigenvalue weighted by atomic mass is 9.97. The van der Waals surface area contributed by atoms with Gasteiger partial charge in [0, 0.05) is 0 Å². The van der Waals surface area contributed by atoms with Crippen molar-refractivity contribution in [2.45, 2.75) is 52.7 Å². The molecular weight excluding hydrogens is 623 g/mol. The maximum Gasteiger partial charge on any atom is 0.203 e. The molecule has 4 aromatic rings. The Morgan fingerprint density at radius 2 is 0.870 bits per heavy atom. The third-order valence-electron chi connectivity index (χ3n) is 7.79. The van der Waals surface area contributed by atoms with E-state index >= 15 is 0 Å². The third-order valence-corrected chi connectivity index (χ3v) is 8.51. The molecule has 0 aliphatic carbocycles. The van der Waals surface area contributed by atoms with Gasteiger partial charge in [-0.1, -0.05) is 73.5 Å². The largest absolute Gasteiger partial charge is 0.493 e. The van der Waals surface area contributed by atoms with Gasteiger partial charge in [-0.15, -0.1) is 0 Å². The zero-order valence-corrected chi connectivity index (χ0v) is 29.2. The molecule has 8 heteroatoms. The van der Waals surface area contributed by atoms with E-state index in [-0.39, 0.29) is 12.2 Å². The van der Waals surface area contributed by atoms with Crippen molar-refractivity contribution in [3.63, 3.8) is 0 Å². The van der Waals surface area contributed by atoms with Crippen molar-refractivity contribution in [2.24, 2.45) is 0 Å². The minimum absolute atomic E-state index is 0.0201. The highest BCUT2D eigenvalue weighted by Crippen LogP contribution is 2.42. The lowest BCUT2D eigenvalue weighted by molar-refractivity contribution is 0.198. The normalized spacial score (nSPS) is 12.8. The van der Waals surface area contributed by atoms with Crippen LogP contribution in [0.15, 0.2) is 48.5 Å². The van der Waals surface area contributed by atoms with Crippen LogP contribution in [0, 0.1) is 0 Å². The summed E-state index contributed by atoms with van der Waals surface area (Å²) in [5.74, 6) is 3.60. The molecule has 0 saturated carbocycles. The Morgan fingerprint density at radius 3 is 1.15 bits per heavy atom. The van der Waals surface area contributed by atoms with Crippen molar-refractivity contribution in [1.29, 1.82) is 0 Å². The fourth-order valence-electron chi connectivity index (χ4n) is 4.84.